The fraction of sp³-hybridized carbons (Fsp3) is 0.638. The number of amides is 4. The van der Waals surface area contributed by atoms with Crippen LogP contribution in [0.4, 0.5) is 0 Å². The number of likely N-dealkylation sites (tertiary alicyclic amines) is 1. The van der Waals surface area contributed by atoms with Crippen LogP contribution in [0, 0.1) is 17.8 Å². The number of carbonyl (C=O) groups excluding carboxylic acids is 5. The molecule has 8 unspecified atom stereocenters. The minimum atomic E-state index is -0.892. The highest BCUT2D eigenvalue weighted by Gasteiger charge is 2.42. The second kappa shape index (κ2) is 26.8. The molecule has 1 heterocycles. The molecule has 1 aliphatic heterocycles. The number of methoxy groups -OCH3 is 3. The second-order valence-electron chi connectivity index (χ2n) is 16.4. The van der Waals surface area contributed by atoms with Crippen LogP contribution in [0.15, 0.2) is 60.7 Å². The Labute approximate surface area is 360 Å². The third-order valence-corrected chi connectivity index (χ3v) is 11.5. The molecule has 3 rings (SSSR count). The van der Waals surface area contributed by atoms with Gasteiger partial charge >= 0.3 is 5.97 Å². The Bertz CT molecular complexity index is 1590. The molecule has 2 N–H and O–H groups in total. The molecule has 13 nitrogen and oxygen atoms in total. The molecular formula is C47H75N5O8. The molecular weight excluding hydrogens is 763 g/mol. The van der Waals surface area contributed by atoms with E-state index in [-0.39, 0.29) is 54.9 Å². The molecule has 0 aliphatic carbocycles. The number of esters is 1. The van der Waals surface area contributed by atoms with Crippen LogP contribution in [0.1, 0.15) is 91.7 Å². The Balaban J connectivity index is 0.00000401. The van der Waals surface area contributed by atoms with Crippen molar-refractivity contribution in [2.75, 3.05) is 48.5 Å². The number of nitrogens with zero attached hydrogens (tertiary/aromatic N) is 3. The van der Waals surface area contributed by atoms with Crippen molar-refractivity contribution in [3.8, 4) is 0 Å². The maximum absolute atomic E-state index is 14.2. The summed E-state index contributed by atoms with van der Waals surface area (Å²) in [6.45, 7) is 14.9. The van der Waals surface area contributed by atoms with Crippen LogP contribution in [-0.2, 0) is 51.1 Å². The Kier molecular flexibility index (Phi) is 23.1. The number of benzene rings is 2. The van der Waals surface area contributed by atoms with Gasteiger partial charge in [-0.2, -0.15) is 0 Å². The molecule has 60 heavy (non-hydrogen) atoms. The first-order valence-corrected chi connectivity index (χ1v) is 21.6. The van der Waals surface area contributed by atoms with Crippen LogP contribution in [0.25, 0.3) is 0 Å². The number of rotatable bonds is 22. The predicted octanol–water partition coefficient (Wildman–Crippen LogP) is 5.50. The van der Waals surface area contributed by atoms with Gasteiger partial charge in [0.2, 0.25) is 23.6 Å². The van der Waals surface area contributed by atoms with Crippen molar-refractivity contribution in [1.29, 1.82) is 0 Å². The average molecular weight is 838 g/mol. The highest BCUT2D eigenvalue weighted by molar-refractivity contribution is 5.88. The lowest BCUT2D eigenvalue weighted by Crippen LogP contribution is -2.55. The fourth-order valence-corrected chi connectivity index (χ4v) is 8.19. The summed E-state index contributed by atoms with van der Waals surface area (Å²) in [4.78, 5) is 73.1. The lowest BCUT2D eigenvalue weighted by molar-refractivity contribution is -0.148. The average Bonchev–Trinajstić information content (AvgIpc) is 3.72. The number of hydrogen-bond acceptors (Lipinski definition) is 9. The largest absolute Gasteiger partial charge is 0.467 e. The second-order valence-corrected chi connectivity index (χ2v) is 16.4. The maximum Gasteiger partial charge on any atom is 0.328 e. The minimum absolute atomic E-state index is 0.00388. The van der Waals surface area contributed by atoms with Crippen molar-refractivity contribution < 1.29 is 38.2 Å². The lowest BCUT2D eigenvalue weighted by atomic mass is 9.90. The van der Waals surface area contributed by atoms with Crippen LogP contribution in [-0.4, -0.2) is 129 Å². The van der Waals surface area contributed by atoms with E-state index in [1.165, 1.54) is 20.6 Å². The third-order valence-electron chi connectivity index (χ3n) is 11.5. The van der Waals surface area contributed by atoms with Gasteiger partial charge in [-0.1, -0.05) is 122 Å². The Morgan fingerprint density at radius 3 is 1.93 bits per heavy atom. The standard InChI is InChI=1S/C44H67N5O8.C3H8/c1-11-30(4)40(48(7)38(51)27-45-43(53)39(29(2)3)47(6)28-33-21-16-13-17-22-33)36(55-8)26-37(50)49-24-18-23-35(49)41(56-9)31(5)42(52)46-34(44(54)57-10)25-32-19-14-12-15-20-32;1-3-2/h12-17,19-22,29-31,34-36,39-41H,11,18,23-28H2,1-10H3,(H,45,53)(H,46,52);3H2,1-2H3. The molecule has 0 spiro atoms. The lowest BCUT2D eigenvalue weighted by Gasteiger charge is -2.39. The third kappa shape index (κ3) is 15.3. The molecule has 0 saturated carbocycles. The highest BCUT2D eigenvalue weighted by atomic mass is 16.5. The van der Waals surface area contributed by atoms with Gasteiger partial charge in [0.25, 0.3) is 0 Å². The fourth-order valence-electron chi connectivity index (χ4n) is 8.19. The van der Waals surface area contributed by atoms with Gasteiger partial charge in [0, 0.05) is 40.8 Å². The normalized spacial score (nSPS) is 17.3. The first-order valence-electron chi connectivity index (χ1n) is 21.6. The Morgan fingerprint density at radius 1 is 0.833 bits per heavy atom. The smallest absolute Gasteiger partial charge is 0.328 e. The van der Waals surface area contributed by atoms with Crippen LogP contribution < -0.4 is 10.6 Å². The molecule has 8 atom stereocenters. The quantitative estimate of drug-likeness (QED) is 0.147. The van der Waals surface area contributed by atoms with Crippen LogP contribution in [0.3, 0.4) is 0 Å². The number of hydrogen-bond donors (Lipinski definition) is 2. The van der Waals surface area contributed by atoms with E-state index >= 15 is 0 Å². The summed E-state index contributed by atoms with van der Waals surface area (Å²) >= 11 is 0. The summed E-state index contributed by atoms with van der Waals surface area (Å²) in [5.74, 6) is -2.34. The van der Waals surface area contributed by atoms with Crippen molar-refractivity contribution in [2.45, 2.75) is 130 Å². The topological polar surface area (TPSA) is 147 Å². The number of carbonyl (C=O) groups is 5. The molecule has 0 bridgehead atoms. The van der Waals surface area contributed by atoms with Crippen LogP contribution >= 0.6 is 0 Å². The summed E-state index contributed by atoms with van der Waals surface area (Å²) in [5, 5.41) is 5.74. The minimum Gasteiger partial charge on any atom is -0.467 e. The maximum atomic E-state index is 14.2. The van der Waals surface area contributed by atoms with Gasteiger partial charge in [-0.3, -0.25) is 24.1 Å². The Hall–Kier alpha value is -4.33. The molecule has 13 heteroatoms. The molecule has 2 aromatic carbocycles. The van der Waals surface area contributed by atoms with Gasteiger partial charge in [0.15, 0.2) is 0 Å². The number of ether oxygens (including phenoxy) is 3. The van der Waals surface area contributed by atoms with E-state index < -0.39 is 48.3 Å². The zero-order valence-corrected chi connectivity index (χ0v) is 38.4. The zero-order chi connectivity index (χ0) is 44.9. The monoisotopic (exact) mass is 838 g/mol. The molecule has 0 radical (unpaired) electrons. The van der Waals surface area contributed by atoms with Gasteiger partial charge in [-0.15, -0.1) is 0 Å². The van der Waals surface area contributed by atoms with Crippen molar-refractivity contribution in [3.63, 3.8) is 0 Å². The van der Waals surface area contributed by atoms with Crippen molar-refractivity contribution in [1.82, 2.24) is 25.3 Å². The van der Waals surface area contributed by atoms with E-state index in [1.54, 1.807) is 30.9 Å². The molecule has 2 aromatic rings. The first kappa shape index (κ1) is 51.8. The molecule has 1 fully saturated rings. The van der Waals surface area contributed by atoms with Crippen LogP contribution in [0.5, 0.6) is 0 Å². The number of nitrogens with one attached hydrogen (secondary N) is 2. The van der Waals surface area contributed by atoms with Crippen molar-refractivity contribution in [2.24, 2.45) is 17.8 Å². The van der Waals surface area contributed by atoms with E-state index in [1.807, 2.05) is 100 Å². The van der Waals surface area contributed by atoms with Crippen molar-refractivity contribution in [3.05, 3.63) is 71.8 Å². The molecule has 0 aromatic heterocycles. The van der Waals surface area contributed by atoms with Gasteiger partial charge in [0.1, 0.15) is 6.04 Å². The summed E-state index contributed by atoms with van der Waals surface area (Å²) in [7, 11) is 7.96. The summed E-state index contributed by atoms with van der Waals surface area (Å²) in [6.07, 6.45) is 2.32. The van der Waals surface area contributed by atoms with Gasteiger partial charge < -0.3 is 34.6 Å². The summed E-state index contributed by atoms with van der Waals surface area (Å²) in [5.41, 5.74) is 1.96. The number of likely N-dealkylation sites (N-methyl/N-ethyl adjacent to an activating group) is 2. The van der Waals surface area contributed by atoms with Gasteiger partial charge in [-0.05, 0) is 42.9 Å². The van der Waals surface area contributed by atoms with E-state index in [9.17, 15) is 24.0 Å². The highest BCUT2D eigenvalue weighted by Crippen LogP contribution is 2.29. The van der Waals surface area contributed by atoms with E-state index in [2.05, 4.69) is 24.5 Å². The first-order chi connectivity index (χ1) is 28.6. The Morgan fingerprint density at radius 2 is 1.42 bits per heavy atom. The molecule has 336 valence electrons. The predicted molar refractivity (Wildman–Crippen MR) is 236 cm³/mol. The summed E-state index contributed by atoms with van der Waals surface area (Å²) in [6, 6.07) is 17.1. The van der Waals surface area contributed by atoms with E-state index in [4.69, 9.17) is 14.2 Å². The molecule has 4 amide bonds. The van der Waals surface area contributed by atoms with Gasteiger partial charge in [-0.25, -0.2) is 4.79 Å². The zero-order valence-electron chi connectivity index (χ0n) is 38.4. The van der Waals surface area contributed by atoms with Crippen LogP contribution in [0.2, 0.25) is 0 Å². The van der Waals surface area contributed by atoms with E-state index in [0.717, 1.165) is 24.0 Å². The van der Waals surface area contributed by atoms with Gasteiger partial charge in [0.05, 0.1) is 56.3 Å². The SMILES string of the molecule is CCC.CCC(C)C(C(CC(=O)N1CCCC1C(OC)C(C)C(=O)NC(Cc1ccccc1)C(=O)OC)OC)N(C)C(=O)CNC(=O)C(C(C)C)N(C)Cc1ccccc1. The summed E-state index contributed by atoms with van der Waals surface area (Å²) < 4.78 is 16.9. The molecule has 1 aliphatic rings. The van der Waals surface area contributed by atoms with E-state index in [0.29, 0.717) is 19.5 Å². The molecule has 1 saturated heterocycles. The van der Waals surface area contributed by atoms with Crippen molar-refractivity contribution >= 4 is 29.6 Å².